The molecule has 2 aromatic rings. The zero-order valence-corrected chi connectivity index (χ0v) is 10.4. The molecule has 0 radical (unpaired) electrons. The highest BCUT2D eigenvalue weighted by Crippen LogP contribution is 2.28. The smallest absolute Gasteiger partial charge is 0.0373 e. The first-order valence-electron chi connectivity index (χ1n) is 6.53. The van der Waals surface area contributed by atoms with E-state index in [2.05, 4.69) is 47.8 Å². The lowest BCUT2D eigenvalue weighted by molar-refractivity contribution is 0.830. The van der Waals surface area contributed by atoms with Gasteiger partial charge < -0.3 is 11.1 Å². The summed E-state index contributed by atoms with van der Waals surface area (Å²) in [7, 11) is 0. The summed E-state index contributed by atoms with van der Waals surface area (Å²) in [6.45, 7) is 1.69. The van der Waals surface area contributed by atoms with Gasteiger partial charge >= 0.3 is 0 Å². The normalized spacial score (nSPS) is 13.8. The lowest BCUT2D eigenvalue weighted by Crippen LogP contribution is -2.11. The summed E-state index contributed by atoms with van der Waals surface area (Å²) in [6.07, 6.45) is 2.39. The van der Waals surface area contributed by atoms with E-state index in [1.54, 1.807) is 0 Å². The fourth-order valence-corrected chi connectivity index (χ4v) is 2.53. The Morgan fingerprint density at radius 3 is 2.83 bits per heavy atom. The van der Waals surface area contributed by atoms with Crippen LogP contribution >= 0.6 is 0 Å². The fourth-order valence-electron chi connectivity index (χ4n) is 2.53. The van der Waals surface area contributed by atoms with Gasteiger partial charge in [-0.25, -0.2) is 0 Å². The topological polar surface area (TPSA) is 38.0 Å². The molecule has 92 valence electrons. The minimum absolute atomic E-state index is 0.598. The van der Waals surface area contributed by atoms with Crippen LogP contribution in [0.3, 0.4) is 0 Å². The second-order valence-corrected chi connectivity index (χ2v) is 4.81. The summed E-state index contributed by atoms with van der Waals surface area (Å²) < 4.78 is 0. The average molecular weight is 238 g/mol. The average Bonchev–Trinajstić information content (AvgIpc) is 2.47. The molecule has 0 unspecified atom stereocenters. The maximum atomic E-state index is 5.70. The maximum Gasteiger partial charge on any atom is 0.0373 e. The van der Waals surface area contributed by atoms with Gasteiger partial charge in [-0.2, -0.15) is 0 Å². The third kappa shape index (κ3) is 2.12. The second kappa shape index (κ2) is 4.83. The van der Waals surface area contributed by atoms with Crippen LogP contribution in [0.1, 0.15) is 17.5 Å². The molecule has 3 N–H and O–H groups in total. The molecule has 0 spiro atoms. The van der Waals surface area contributed by atoms with Gasteiger partial charge in [-0.3, -0.25) is 0 Å². The Hall–Kier alpha value is -1.80. The Labute approximate surface area is 108 Å². The summed E-state index contributed by atoms with van der Waals surface area (Å²) in [5.41, 5.74) is 12.1. The molecule has 2 aromatic carbocycles. The molecule has 0 atom stereocenters. The highest BCUT2D eigenvalue weighted by Gasteiger charge is 2.09. The molecule has 1 aliphatic rings. The molecule has 0 aliphatic carbocycles. The van der Waals surface area contributed by atoms with E-state index in [0.29, 0.717) is 6.54 Å². The van der Waals surface area contributed by atoms with Crippen LogP contribution in [0.15, 0.2) is 42.5 Å². The molecule has 2 heteroatoms. The van der Waals surface area contributed by atoms with Crippen molar-refractivity contribution >= 4 is 5.69 Å². The van der Waals surface area contributed by atoms with Gasteiger partial charge in [-0.05, 0) is 53.3 Å². The number of nitrogens with two attached hydrogens (primary N) is 1. The predicted molar refractivity (Wildman–Crippen MR) is 76.6 cm³/mol. The predicted octanol–water partition coefficient (Wildman–Crippen LogP) is 3.17. The number of rotatable bonds is 2. The Morgan fingerprint density at radius 1 is 1.06 bits per heavy atom. The highest BCUT2D eigenvalue weighted by molar-refractivity contribution is 5.69. The molecule has 3 rings (SSSR count). The fraction of sp³-hybridized carbons (Fsp3) is 0.250. The van der Waals surface area contributed by atoms with Gasteiger partial charge in [0, 0.05) is 18.8 Å². The van der Waals surface area contributed by atoms with Crippen LogP contribution in [0.2, 0.25) is 0 Å². The zero-order chi connectivity index (χ0) is 12.4. The first-order chi connectivity index (χ1) is 8.86. The summed E-state index contributed by atoms with van der Waals surface area (Å²) in [5.74, 6) is 0. The van der Waals surface area contributed by atoms with E-state index in [1.807, 2.05) is 0 Å². The van der Waals surface area contributed by atoms with Crippen LogP contribution in [-0.4, -0.2) is 6.54 Å². The van der Waals surface area contributed by atoms with Crippen molar-refractivity contribution in [2.24, 2.45) is 5.73 Å². The quantitative estimate of drug-likeness (QED) is 0.843. The standard InChI is InChI=1S/C16H18N2/c17-11-12-3-1-4-13(9-12)14-6-7-16-15(10-14)5-2-8-18-16/h1,3-4,6-7,9-10,18H,2,5,8,11,17H2. The molecule has 0 bridgehead atoms. The molecule has 18 heavy (non-hydrogen) atoms. The minimum atomic E-state index is 0.598. The second-order valence-electron chi connectivity index (χ2n) is 4.81. The number of hydrogen-bond donors (Lipinski definition) is 2. The lowest BCUT2D eigenvalue weighted by atomic mass is 9.96. The van der Waals surface area contributed by atoms with Crippen LogP contribution in [0.5, 0.6) is 0 Å². The summed E-state index contributed by atoms with van der Waals surface area (Å²) >= 11 is 0. The molecule has 1 aliphatic heterocycles. The van der Waals surface area contributed by atoms with Crippen LogP contribution in [0.25, 0.3) is 11.1 Å². The van der Waals surface area contributed by atoms with Crippen LogP contribution in [0, 0.1) is 0 Å². The molecular formula is C16H18N2. The summed E-state index contributed by atoms with van der Waals surface area (Å²) in [5, 5.41) is 3.44. The SMILES string of the molecule is NCc1cccc(-c2ccc3c(c2)CCCN3)c1. The molecule has 2 nitrogen and oxygen atoms in total. The third-order valence-electron chi connectivity index (χ3n) is 3.54. The van der Waals surface area contributed by atoms with Crippen molar-refractivity contribution in [2.45, 2.75) is 19.4 Å². The van der Waals surface area contributed by atoms with E-state index in [4.69, 9.17) is 5.73 Å². The molecule has 0 saturated heterocycles. The number of nitrogens with one attached hydrogen (secondary N) is 1. The number of fused-ring (bicyclic) bond motifs is 1. The Morgan fingerprint density at radius 2 is 1.94 bits per heavy atom. The lowest BCUT2D eigenvalue weighted by Gasteiger charge is -2.18. The highest BCUT2D eigenvalue weighted by atomic mass is 14.9. The van der Waals surface area contributed by atoms with Crippen LogP contribution in [0.4, 0.5) is 5.69 Å². The van der Waals surface area contributed by atoms with Gasteiger partial charge in [0.1, 0.15) is 0 Å². The van der Waals surface area contributed by atoms with Gasteiger partial charge in [0.2, 0.25) is 0 Å². The minimum Gasteiger partial charge on any atom is -0.385 e. The summed E-state index contributed by atoms with van der Waals surface area (Å²) in [4.78, 5) is 0. The number of anilines is 1. The van der Waals surface area contributed by atoms with Crippen molar-refractivity contribution in [3.05, 3.63) is 53.6 Å². The van der Waals surface area contributed by atoms with Crippen molar-refractivity contribution in [2.75, 3.05) is 11.9 Å². The van der Waals surface area contributed by atoms with E-state index in [9.17, 15) is 0 Å². The Balaban J connectivity index is 2.00. The maximum absolute atomic E-state index is 5.70. The number of aryl methyl sites for hydroxylation is 1. The number of hydrogen-bond acceptors (Lipinski definition) is 2. The van der Waals surface area contributed by atoms with E-state index in [-0.39, 0.29) is 0 Å². The number of benzene rings is 2. The van der Waals surface area contributed by atoms with E-state index in [1.165, 1.54) is 40.8 Å². The monoisotopic (exact) mass is 238 g/mol. The van der Waals surface area contributed by atoms with Crippen molar-refractivity contribution in [3.8, 4) is 11.1 Å². The van der Waals surface area contributed by atoms with Crippen molar-refractivity contribution in [1.82, 2.24) is 0 Å². The van der Waals surface area contributed by atoms with E-state index >= 15 is 0 Å². The summed E-state index contributed by atoms with van der Waals surface area (Å²) in [6, 6.07) is 15.2. The van der Waals surface area contributed by atoms with Crippen LogP contribution in [-0.2, 0) is 13.0 Å². The first kappa shape index (κ1) is 11.3. The van der Waals surface area contributed by atoms with Gasteiger partial charge in [0.05, 0.1) is 0 Å². The van der Waals surface area contributed by atoms with E-state index in [0.717, 1.165) is 6.54 Å². The largest absolute Gasteiger partial charge is 0.385 e. The third-order valence-corrected chi connectivity index (χ3v) is 3.54. The van der Waals surface area contributed by atoms with Gasteiger partial charge in [-0.1, -0.05) is 24.3 Å². The Bertz CT molecular complexity index is 561. The molecule has 0 fully saturated rings. The molecular weight excluding hydrogens is 220 g/mol. The van der Waals surface area contributed by atoms with Crippen molar-refractivity contribution in [1.29, 1.82) is 0 Å². The zero-order valence-electron chi connectivity index (χ0n) is 10.4. The molecule has 0 amide bonds. The Kier molecular flexibility index (Phi) is 3.03. The van der Waals surface area contributed by atoms with Crippen molar-refractivity contribution in [3.63, 3.8) is 0 Å². The van der Waals surface area contributed by atoms with Gasteiger partial charge in [-0.15, -0.1) is 0 Å². The van der Waals surface area contributed by atoms with Gasteiger partial charge in [0.25, 0.3) is 0 Å². The van der Waals surface area contributed by atoms with E-state index < -0.39 is 0 Å². The first-order valence-corrected chi connectivity index (χ1v) is 6.53. The van der Waals surface area contributed by atoms with Gasteiger partial charge in [0.15, 0.2) is 0 Å². The molecule has 0 aromatic heterocycles. The van der Waals surface area contributed by atoms with Crippen molar-refractivity contribution < 1.29 is 0 Å². The molecule has 0 saturated carbocycles. The molecule has 1 heterocycles. The van der Waals surface area contributed by atoms with Crippen LogP contribution < -0.4 is 11.1 Å².